The Hall–Kier alpha value is -2.34. The van der Waals surface area contributed by atoms with E-state index in [2.05, 4.69) is 17.2 Å². The number of phenols is 1. The van der Waals surface area contributed by atoms with Crippen LogP contribution in [0.3, 0.4) is 0 Å². The van der Waals surface area contributed by atoms with Crippen molar-refractivity contribution in [2.45, 2.75) is 13.0 Å². The number of hydrogen-bond acceptors (Lipinski definition) is 4. The van der Waals surface area contributed by atoms with Crippen LogP contribution in [-0.4, -0.2) is 22.8 Å². The fraction of sp³-hybridized carbons (Fsp3) is 0.200. The van der Waals surface area contributed by atoms with Crippen molar-refractivity contribution in [2.75, 3.05) is 6.61 Å². The van der Waals surface area contributed by atoms with Gasteiger partial charge in [-0.05, 0) is 36.8 Å². The van der Waals surface area contributed by atoms with Crippen molar-refractivity contribution in [1.29, 1.82) is 0 Å². The summed E-state index contributed by atoms with van der Waals surface area (Å²) in [4.78, 5) is 12.2. The maximum atomic E-state index is 12.2. The molecule has 0 radical (unpaired) electrons. The Labute approximate surface area is 128 Å². The largest absolute Gasteiger partial charge is 0.508 e. The number of nitrogens with one attached hydrogen (secondary N) is 2. The van der Waals surface area contributed by atoms with Gasteiger partial charge in [0.05, 0.1) is 11.6 Å². The zero-order valence-electron chi connectivity index (χ0n) is 11.6. The molecule has 21 heavy (non-hydrogen) atoms. The summed E-state index contributed by atoms with van der Waals surface area (Å²) in [6, 6.07) is 6.19. The maximum absolute atomic E-state index is 12.2. The number of rotatable bonds is 4. The fourth-order valence-electron chi connectivity index (χ4n) is 2.13. The van der Waals surface area contributed by atoms with Crippen LogP contribution in [-0.2, 0) is 9.53 Å². The van der Waals surface area contributed by atoms with Gasteiger partial charge in [0.1, 0.15) is 12.4 Å². The van der Waals surface area contributed by atoms with Crippen molar-refractivity contribution in [3.63, 3.8) is 0 Å². The van der Waals surface area contributed by atoms with Gasteiger partial charge in [0.15, 0.2) is 5.11 Å². The van der Waals surface area contributed by atoms with Crippen LogP contribution >= 0.6 is 12.2 Å². The first-order valence-corrected chi connectivity index (χ1v) is 6.79. The molecule has 0 spiro atoms. The van der Waals surface area contributed by atoms with E-state index in [0.717, 1.165) is 5.56 Å². The molecule has 0 amide bonds. The van der Waals surface area contributed by atoms with Crippen LogP contribution in [0.2, 0.25) is 0 Å². The Morgan fingerprint density at radius 2 is 2.33 bits per heavy atom. The summed E-state index contributed by atoms with van der Waals surface area (Å²) in [5, 5.41) is 16.0. The van der Waals surface area contributed by atoms with Gasteiger partial charge in [-0.25, -0.2) is 4.79 Å². The van der Waals surface area contributed by atoms with Crippen molar-refractivity contribution in [3.8, 4) is 5.75 Å². The number of carbonyl (C=O) groups is 1. The van der Waals surface area contributed by atoms with Crippen molar-refractivity contribution < 1.29 is 14.6 Å². The van der Waals surface area contributed by atoms with Gasteiger partial charge in [0.25, 0.3) is 0 Å². The van der Waals surface area contributed by atoms with Gasteiger partial charge in [0.2, 0.25) is 0 Å². The van der Waals surface area contributed by atoms with Gasteiger partial charge < -0.3 is 20.5 Å². The number of thiocarbonyl (C=S) groups is 1. The third-order valence-corrected chi connectivity index (χ3v) is 3.24. The van der Waals surface area contributed by atoms with Gasteiger partial charge in [0, 0.05) is 5.70 Å². The van der Waals surface area contributed by atoms with Gasteiger partial charge in [-0.15, -0.1) is 0 Å². The minimum atomic E-state index is -0.469. The predicted octanol–water partition coefficient (Wildman–Crippen LogP) is 1.91. The summed E-state index contributed by atoms with van der Waals surface area (Å²) in [5.41, 5.74) is 1.78. The number of aromatic hydroxyl groups is 1. The number of allylic oxidation sites excluding steroid dienone is 1. The Morgan fingerprint density at radius 3 is 3.00 bits per heavy atom. The molecule has 1 unspecified atom stereocenters. The summed E-state index contributed by atoms with van der Waals surface area (Å²) >= 11 is 5.13. The summed E-state index contributed by atoms with van der Waals surface area (Å²) in [6.07, 6.45) is 1.51. The van der Waals surface area contributed by atoms with E-state index in [0.29, 0.717) is 16.4 Å². The van der Waals surface area contributed by atoms with E-state index in [1.807, 2.05) is 0 Å². The molecule has 0 saturated heterocycles. The topological polar surface area (TPSA) is 70.6 Å². The standard InChI is InChI=1S/C15H16N2O3S/c1-3-7-20-14(19)12-9(2)16-15(21)17-13(12)10-5-4-6-11(18)8-10/h3-6,8,13,18H,1,7H2,2H3,(H2,16,17,21). The third kappa shape index (κ3) is 3.41. The number of ether oxygens (including phenoxy) is 1. The van der Waals surface area contributed by atoms with E-state index in [4.69, 9.17) is 17.0 Å². The van der Waals surface area contributed by atoms with Crippen LogP contribution in [0.1, 0.15) is 18.5 Å². The minimum absolute atomic E-state index is 0.121. The van der Waals surface area contributed by atoms with E-state index in [1.165, 1.54) is 6.08 Å². The molecule has 1 aliphatic heterocycles. The molecule has 1 atom stereocenters. The molecule has 0 saturated carbocycles. The first-order chi connectivity index (χ1) is 10.0. The van der Waals surface area contributed by atoms with Crippen molar-refractivity contribution in [1.82, 2.24) is 10.6 Å². The highest BCUT2D eigenvalue weighted by molar-refractivity contribution is 7.80. The molecule has 1 aromatic carbocycles. The summed E-state index contributed by atoms with van der Waals surface area (Å²) in [5.74, 6) is -0.335. The van der Waals surface area contributed by atoms with Gasteiger partial charge in [-0.2, -0.15) is 0 Å². The molecule has 0 fully saturated rings. The molecule has 1 aliphatic rings. The molecule has 0 aromatic heterocycles. The normalized spacial score (nSPS) is 17.8. The van der Waals surface area contributed by atoms with E-state index < -0.39 is 12.0 Å². The summed E-state index contributed by atoms with van der Waals surface area (Å²) in [6.45, 7) is 5.41. The molecule has 3 N–H and O–H groups in total. The minimum Gasteiger partial charge on any atom is -0.508 e. The average Bonchev–Trinajstić information content (AvgIpc) is 2.44. The van der Waals surface area contributed by atoms with Crippen molar-refractivity contribution in [3.05, 3.63) is 53.8 Å². The Bertz CT molecular complexity index is 625. The van der Waals surface area contributed by atoms with Crippen LogP contribution in [0.4, 0.5) is 0 Å². The lowest BCUT2D eigenvalue weighted by molar-refractivity contribution is -0.138. The van der Waals surface area contributed by atoms with Crippen molar-refractivity contribution in [2.24, 2.45) is 0 Å². The highest BCUT2D eigenvalue weighted by Crippen LogP contribution is 2.29. The number of esters is 1. The number of carbonyl (C=O) groups excluding carboxylic acids is 1. The summed E-state index contributed by atoms with van der Waals surface area (Å²) < 4.78 is 5.12. The second-order valence-electron chi connectivity index (χ2n) is 4.55. The zero-order valence-corrected chi connectivity index (χ0v) is 12.4. The Morgan fingerprint density at radius 1 is 1.57 bits per heavy atom. The number of phenolic OH excluding ortho intramolecular Hbond substituents is 1. The molecule has 0 bridgehead atoms. The van der Waals surface area contributed by atoms with Gasteiger partial charge >= 0.3 is 5.97 Å². The molecular weight excluding hydrogens is 288 g/mol. The predicted molar refractivity (Wildman–Crippen MR) is 83.6 cm³/mol. The van der Waals surface area contributed by atoms with Crippen LogP contribution in [0.25, 0.3) is 0 Å². The zero-order chi connectivity index (χ0) is 15.4. The molecule has 0 aliphatic carbocycles. The summed E-state index contributed by atoms with van der Waals surface area (Å²) in [7, 11) is 0. The van der Waals surface area contributed by atoms with E-state index in [9.17, 15) is 9.90 Å². The molecule has 6 heteroatoms. The molecule has 110 valence electrons. The Kier molecular flexibility index (Phi) is 4.59. The number of benzene rings is 1. The van der Waals surface area contributed by atoms with Crippen LogP contribution in [0, 0.1) is 0 Å². The lowest BCUT2D eigenvalue weighted by atomic mass is 9.95. The van der Waals surface area contributed by atoms with Gasteiger partial charge in [-0.1, -0.05) is 24.8 Å². The van der Waals surface area contributed by atoms with Crippen LogP contribution < -0.4 is 10.6 Å². The SMILES string of the molecule is C=CCOC(=O)C1=C(C)NC(=S)NC1c1cccc(O)c1. The second-order valence-corrected chi connectivity index (χ2v) is 4.96. The molecule has 1 aromatic rings. The first kappa shape index (κ1) is 15.1. The van der Waals surface area contributed by atoms with Gasteiger partial charge in [-0.3, -0.25) is 0 Å². The maximum Gasteiger partial charge on any atom is 0.338 e. The quantitative estimate of drug-likeness (QED) is 0.448. The average molecular weight is 304 g/mol. The molecule has 1 heterocycles. The fourth-order valence-corrected chi connectivity index (χ4v) is 2.40. The third-order valence-electron chi connectivity index (χ3n) is 3.02. The highest BCUT2D eigenvalue weighted by Gasteiger charge is 2.30. The monoisotopic (exact) mass is 304 g/mol. The van der Waals surface area contributed by atoms with Crippen LogP contribution in [0.5, 0.6) is 5.75 Å². The molecule has 2 rings (SSSR count). The lowest BCUT2D eigenvalue weighted by Gasteiger charge is -2.29. The van der Waals surface area contributed by atoms with E-state index >= 15 is 0 Å². The molecule has 5 nitrogen and oxygen atoms in total. The number of hydrogen-bond donors (Lipinski definition) is 3. The van der Waals surface area contributed by atoms with Crippen LogP contribution in [0.15, 0.2) is 48.2 Å². The van der Waals surface area contributed by atoms with E-state index in [1.54, 1.807) is 31.2 Å². The first-order valence-electron chi connectivity index (χ1n) is 6.38. The smallest absolute Gasteiger partial charge is 0.338 e. The lowest BCUT2D eigenvalue weighted by Crippen LogP contribution is -2.45. The second kappa shape index (κ2) is 6.41. The Balaban J connectivity index is 2.40. The highest BCUT2D eigenvalue weighted by atomic mass is 32.1. The van der Waals surface area contributed by atoms with E-state index in [-0.39, 0.29) is 12.4 Å². The molecular formula is C15H16N2O3S. The van der Waals surface area contributed by atoms with Crippen molar-refractivity contribution >= 4 is 23.3 Å².